The normalized spacial score (nSPS) is 11.7. The van der Waals surface area contributed by atoms with Gasteiger partial charge in [0.05, 0.1) is 7.11 Å². The van der Waals surface area contributed by atoms with Gasteiger partial charge in [-0.2, -0.15) is 0 Å². The van der Waals surface area contributed by atoms with Crippen molar-refractivity contribution in [3.8, 4) is 5.75 Å². The predicted octanol–water partition coefficient (Wildman–Crippen LogP) is 2.81. The molecular formula is C18H23N3O5S. The van der Waals surface area contributed by atoms with Crippen LogP contribution >= 0.6 is 0 Å². The third kappa shape index (κ3) is 5.18. The molecule has 1 amide bonds. The van der Waals surface area contributed by atoms with Crippen molar-refractivity contribution in [1.82, 2.24) is 9.88 Å². The van der Waals surface area contributed by atoms with Gasteiger partial charge >= 0.3 is 0 Å². The summed E-state index contributed by atoms with van der Waals surface area (Å²) in [6, 6.07) is 4.81. The van der Waals surface area contributed by atoms with Crippen LogP contribution < -0.4 is 14.8 Å². The minimum absolute atomic E-state index is 0.0523. The van der Waals surface area contributed by atoms with Gasteiger partial charge in [0, 0.05) is 13.5 Å². The Labute approximate surface area is 158 Å². The van der Waals surface area contributed by atoms with E-state index in [0.717, 1.165) is 0 Å². The smallest absolute Gasteiger partial charge is 0.244 e. The lowest BCUT2D eigenvalue weighted by atomic mass is 10.2. The molecule has 1 aromatic carbocycles. The maximum absolute atomic E-state index is 12.5. The molecule has 0 unspecified atom stereocenters. The molecule has 2 rings (SSSR count). The van der Waals surface area contributed by atoms with Crippen molar-refractivity contribution in [2.24, 2.45) is 0 Å². The number of methoxy groups -OCH3 is 1. The zero-order valence-electron chi connectivity index (χ0n) is 15.7. The number of rotatable bonds is 8. The molecule has 0 bridgehead atoms. The average Bonchev–Trinajstić information content (AvgIpc) is 2.97. The molecule has 0 aliphatic rings. The Morgan fingerprint density at radius 2 is 2.07 bits per heavy atom. The maximum atomic E-state index is 12.5. The molecule has 27 heavy (non-hydrogen) atoms. The van der Waals surface area contributed by atoms with E-state index < -0.39 is 10.0 Å². The first-order chi connectivity index (χ1) is 12.8. The zero-order valence-corrected chi connectivity index (χ0v) is 16.5. The molecule has 0 spiro atoms. The van der Waals surface area contributed by atoms with Gasteiger partial charge in [-0.05, 0) is 37.1 Å². The van der Waals surface area contributed by atoms with Crippen LogP contribution in [-0.4, -0.2) is 33.1 Å². The largest absolute Gasteiger partial charge is 0.495 e. The molecule has 2 aromatic rings. The van der Waals surface area contributed by atoms with E-state index in [1.807, 2.05) is 6.92 Å². The van der Waals surface area contributed by atoms with Gasteiger partial charge in [0.15, 0.2) is 5.76 Å². The van der Waals surface area contributed by atoms with E-state index in [-0.39, 0.29) is 16.6 Å². The van der Waals surface area contributed by atoms with Crippen LogP contribution in [0.4, 0.5) is 5.69 Å². The Morgan fingerprint density at radius 3 is 2.70 bits per heavy atom. The fourth-order valence-corrected chi connectivity index (χ4v) is 3.66. The highest BCUT2D eigenvalue weighted by atomic mass is 32.2. The molecular weight excluding hydrogens is 370 g/mol. The van der Waals surface area contributed by atoms with E-state index in [1.54, 1.807) is 31.2 Å². The predicted molar refractivity (Wildman–Crippen MR) is 103 cm³/mol. The summed E-state index contributed by atoms with van der Waals surface area (Å²) in [6.07, 6.45) is 3.96. The fraction of sp³-hybridized carbons (Fsp3) is 0.333. The van der Waals surface area contributed by atoms with Crippen molar-refractivity contribution < 1.29 is 22.5 Å². The van der Waals surface area contributed by atoms with Gasteiger partial charge in [0.2, 0.25) is 15.9 Å². The molecule has 0 aliphatic carbocycles. The Hall–Kier alpha value is -2.65. The average molecular weight is 393 g/mol. The van der Waals surface area contributed by atoms with Gasteiger partial charge in [-0.25, -0.2) is 13.1 Å². The first-order valence-corrected chi connectivity index (χ1v) is 9.86. The molecule has 146 valence electrons. The van der Waals surface area contributed by atoms with Crippen LogP contribution in [0.5, 0.6) is 5.75 Å². The Balaban J connectivity index is 2.37. The highest BCUT2D eigenvalue weighted by Crippen LogP contribution is 2.27. The molecule has 1 heterocycles. The second kappa shape index (κ2) is 8.83. The summed E-state index contributed by atoms with van der Waals surface area (Å²) >= 11 is 0. The molecule has 0 saturated heterocycles. The van der Waals surface area contributed by atoms with E-state index in [0.29, 0.717) is 35.7 Å². The van der Waals surface area contributed by atoms with Crippen molar-refractivity contribution in [3.63, 3.8) is 0 Å². The zero-order chi connectivity index (χ0) is 20.0. The quantitative estimate of drug-likeness (QED) is 0.713. The van der Waals surface area contributed by atoms with Gasteiger partial charge in [-0.1, -0.05) is 24.2 Å². The van der Waals surface area contributed by atoms with Gasteiger partial charge in [0.1, 0.15) is 22.0 Å². The van der Waals surface area contributed by atoms with E-state index in [9.17, 15) is 13.2 Å². The van der Waals surface area contributed by atoms with Crippen LogP contribution in [0, 0.1) is 6.92 Å². The Morgan fingerprint density at radius 1 is 1.33 bits per heavy atom. The molecule has 0 radical (unpaired) electrons. The third-order valence-corrected chi connectivity index (χ3v) is 5.12. The van der Waals surface area contributed by atoms with Crippen LogP contribution in [0.15, 0.2) is 27.6 Å². The number of amides is 1. The summed E-state index contributed by atoms with van der Waals surface area (Å²) in [5, 5.41) is 6.50. The SMILES string of the molecule is CCCNS(=O)(=O)c1cc(C=Cc2onc(C)c2NC(C)=O)ccc1OC. The summed E-state index contributed by atoms with van der Waals surface area (Å²) in [4.78, 5) is 11.4. The van der Waals surface area contributed by atoms with Crippen molar-refractivity contribution in [1.29, 1.82) is 0 Å². The highest BCUT2D eigenvalue weighted by molar-refractivity contribution is 7.89. The lowest BCUT2D eigenvalue weighted by Crippen LogP contribution is -2.24. The monoisotopic (exact) mass is 393 g/mol. The number of nitrogens with one attached hydrogen (secondary N) is 2. The van der Waals surface area contributed by atoms with Crippen LogP contribution in [0.1, 0.15) is 37.3 Å². The first-order valence-electron chi connectivity index (χ1n) is 8.38. The van der Waals surface area contributed by atoms with Crippen molar-refractivity contribution >= 4 is 33.8 Å². The Kier molecular flexibility index (Phi) is 6.75. The lowest BCUT2D eigenvalue weighted by molar-refractivity contribution is -0.114. The molecule has 2 N–H and O–H groups in total. The topological polar surface area (TPSA) is 111 Å². The summed E-state index contributed by atoms with van der Waals surface area (Å²) < 4.78 is 37.9. The van der Waals surface area contributed by atoms with E-state index in [1.165, 1.54) is 20.1 Å². The molecule has 0 atom stereocenters. The summed E-state index contributed by atoms with van der Waals surface area (Å²) in [5.74, 6) is 0.382. The number of aryl methyl sites for hydroxylation is 1. The number of hydrogen-bond donors (Lipinski definition) is 2. The van der Waals surface area contributed by atoms with Gasteiger partial charge < -0.3 is 14.6 Å². The molecule has 0 aliphatic heterocycles. The number of ether oxygens (including phenoxy) is 1. The number of carbonyl (C=O) groups excluding carboxylic acids is 1. The summed E-state index contributed by atoms with van der Waals surface area (Å²) in [7, 11) is -2.27. The van der Waals surface area contributed by atoms with Crippen LogP contribution in [-0.2, 0) is 14.8 Å². The van der Waals surface area contributed by atoms with E-state index in [4.69, 9.17) is 9.26 Å². The second-order valence-electron chi connectivity index (χ2n) is 5.83. The van der Waals surface area contributed by atoms with Crippen LogP contribution in [0.25, 0.3) is 12.2 Å². The van der Waals surface area contributed by atoms with Gasteiger partial charge in [-0.3, -0.25) is 4.79 Å². The molecule has 0 fully saturated rings. The number of anilines is 1. The number of hydrogen-bond acceptors (Lipinski definition) is 6. The molecule has 0 saturated carbocycles. The maximum Gasteiger partial charge on any atom is 0.244 e. The second-order valence-corrected chi connectivity index (χ2v) is 7.57. The minimum Gasteiger partial charge on any atom is -0.495 e. The van der Waals surface area contributed by atoms with Crippen molar-refractivity contribution in [3.05, 3.63) is 35.2 Å². The van der Waals surface area contributed by atoms with Crippen LogP contribution in [0.2, 0.25) is 0 Å². The van der Waals surface area contributed by atoms with Crippen LogP contribution in [0.3, 0.4) is 0 Å². The van der Waals surface area contributed by atoms with Crippen molar-refractivity contribution in [2.75, 3.05) is 19.0 Å². The summed E-state index contributed by atoms with van der Waals surface area (Å²) in [6.45, 7) is 5.32. The highest BCUT2D eigenvalue weighted by Gasteiger charge is 2.19. The molecule has 8 nitrogen and oxygen atoms in total. The summed E-state index contributed by atoms with van der Waals surface area (Å²) in [5.41, 5.74) is 1.65. The molecule has 1 aromatic heterocycles. The lowest BCUT2D eigenvalue weighted by Gasteiger charge is -2.11. The molecule has 9 heteroatoms. The number of aromatic nitrogens is 1. The first kappa shape index (κ1) is 20.7. The minimum atomic E-state index is -3.69. The number of benzene rings is 1. The standard InChI is InChI=1S/C18H23N3O5S/c1-5-10-19-27(23,24)17-11-14(6-8-15(17)25-4)7-9-16-18(20-13(3)22)12(2)21-26-16/h6-9,11,19H,5,10H2,1-4H3,(H,20,22). The van der Waals surface area contributed by atoms with Gasteiger partial charge in [-0.15, -0.1) is 0 Å². The number of nitrogens with zero attached hydrogens (tertiary/aromatic N) is 1. The fourth-order valence-electron chi connectivity index (χ4n) is 2.32. The Bertz CT molecular complexity index is 948. The number of carbonyl (C=O) groups is 1. The van der Waals surface area contributed by atoms with E-state index in [2.05, 4.69) is 15.2 Å². The van der Waals surface area contributed by atoms with Crippen molar-refractivity contribution in [2.45, 2.75) is 32.1 Å². The number of sulfonamides is 1. The van der Waals surface area contributed by atoms with E-state index >= 15 is 0 Å². The third-order valence-electron chi connectivity index (χ3n) is 3.64. The van der Waals surface area contributed by atoms with Gasteiger partial charge in [0.25, 0.3) is 0 Å².